The highest BCUT2D eigenvalue weighted by atomic mass is 32.1. The first-order chi connectivity index (χ1) is 18.5. The molecule has 0 bridgehead atoms. The van der Waals surface area contributed by atoms with Crippen molar-refractivity contribution in [3.8, 4) is 21.7 Å². The molecule has 1 fully saturated rings. The van der Waals surface area contributed by atoms with Crippen LogP contribution in [0.15, 0.2) is 60.4 Å². The molecule has 1 aliphatic heterocycles. The van der Waals surface area contributed by atoms with Crippen LogP contribution in [-0.4, -0.2) is 52.7 Å². The highest BCUT2D eigenvalue weighted by molar-refractivity contribution is 7.17. The van der Waals surface area contributed by atoms with E-state index in [1.165, 1.54) is 43.9 Å². The minimum Gasteiger partial charge on any atom is -0.465 e. The molecule has 4 heterocycles. The summed E-state index contributed by atoms with van der Waals surface area (Å²) in [5.74, 6) is 1.18. The molecule has 2 aliphatic rings. The van der Waals surface area contributed by atoms with Crippen LogP contribution < -0.4 is 0 Å². The Balaban J connectivity index is 0.00000308. The van der Waals surface area contributed by atoms with Crippen LogP contribution in [0.5, 0.6) is 0 Å². The molecule has 0 spiro atoms. The molecule has 4 aromatic rings. The number of nitrogens with zero attached hydrogens (tertiary/aromatic N) is 4. The van der Waals surface area contributed by atoms with Crippen molar-refractivity contribution in [1.29, 1.82) is 0 Å². The van der Waals surface area contributed by atoms with Crippen molar-refractivity contribution in [2.24, 2.45) is 11.8 Å². The number of methoxy groups -OCH3 is 1. The van der Waals surface area contributed by atoms with Gasteiger partial charge in [-0.15, -0.1) is 11.3 Å². The maximum Gasteiger partial charge on any atom is 0.348 e. The van der Waals surface area contributed by atoms with Gasteiger partial charge in [-0.05, 0) is 73.1 Å². The van der Waals surface area contributed by atoms with Crippen LogP contribution in [0.25, 0.3) is 32.9 Å². The van der Waals surface area contributed by atoms with Crippen molar-refractivity contribution < 1.29 is 9.53 Å². The number of aromatic nitrogens is 3. The first kappa shape index (κ1) is 27.3. The van der Waals surface area contributed by atoms with Crippen LogP contribution in [0.1, 0.15) is 61.7 Å². The number of thiophene rings is 1. The van der Waals surface area contributed by atoms with Gasteiger partial charge in [-0.25, -0.2) is 14.3 Å². The van der Waals surface area contributed by atoms with Crippen molar-refractivity contribution in [3.63, 3.8) is 0 Å². The Bertz CT molecular complexity index is 1460. The number of carbonyl (C=O) groups is 1. The largest absolute Gasteiger partial charge is 0.465 e. The molecule has 0 saturated heterocycles. The summed E-state index contributed by atoms with van der Waals surface area (Å²) in [5.41, 5.74) is 7.84. The number of carbonyl (C=O) groups excluding carboxylic acids is 1. The molecule has 6 rings (SSSR count). The molecular formula is C32H38N4O2S. The van der Waals surface area contributed by atoms with Gasteiger partial charge in [0.15, 0.2) is 5.65 Å². The van der Waals surface area contributed by atoms with Crippen molar-refractivity contribution in [2.45, 2.75) is 46.5 Å². The van der Waals surface area contributed by atoms with Crippen LogP contribution in [0, 0.1) is 11.8 Å². The molecule has 0 N–H and O–H groups in total. The van der Waals surface area contributed by atoms with Gasteiger partial charge in [-0.1, -0.05) is 51.5 Å². The predicted octanol–water partition coefficient (Wildman–Crippen LogP) is 7.46. The highest BCUT2D eigenvalue weighted by Gasteiger charge is 2.30. The number of likely N-dealkylation sites (N-methyl/N-ethyl adjacent to an activating group) is 1. The lowest BCUT2D eigenvalue weighted by molar-refractivity contribution is 0.0606. The van der Waals surface area contributed by atoms with Crippen molar-refractivity contribution >= 4 is 28.5 Å². The van der Waals surface area contributed by atoms with E-state index >= 15 is 0 Å². The monoisotopic (exact) mass is 542 g/mol. The molecule has 204 valence electrons. The van der Waals surface area contributed by atoms with E-state index in [9.17, 15) is 4.79 Å². The van der Waals surface area contributed by atoms with E-state index in [0.29, 0.717) is 5.92 Å². The van der Waals surface area contributed by atoms with Gasteiger partial charge in [0, 0.05) is 35.3 Å². The standard InChI is InChI=1S/C31H34N4O2S.CH4/c1-20-6-8-21(9-7-20)26-18-34(2)16-14-24(26)25-17-28(38-30(25)31(36)37-3)23-12-10-22(11-13-23)27-19-35-29(33-27)5-4-15-32-35;/h4-5,10-13,15,17,19-21H,6-9,14,16,18H2,1-3H3;1H4. The average molecular weight is 543 g/mol. The highest BCUT2D eigenvalue weighted by Crippen LogP contribution is 2.43. The van der Waals surface area contributed by atoms with Crippen LogP contribution in [0.2, 0.25) is 0 Å². The van der Waals surface area contributed by atoms with Gasteiger partial charge in [0.25, 0.3) is 0 Å². The Labute approximate surface area is 235 Å². The van der Waals surface area contributed by atoms with Crippen LogP contribution in [0.3, 0.4) is 0 Å². The summed E-state index contributed by atoms with van der Waals surface area (Å²) in [6.07, 6.45) is 9.75. The third-order valence-corrected chi connectivity index (χ3v) is 9.37. The first-order valence-corrected chi connectivity index (χ1v) is 14.4. The number of benzene rings is 1. The van der Waals surface area contributed by atoms with Gasteiger partial charge in [0.2, 0.25) is 0 Å². The van der Waals surface area contributed by atoms with E-state index in [-0.39, 0.29) is 13.4 Å². The second-order valence-electron chi connectivity index (χ2n) is 10.8. The number of fused-ring (bicyclic) bond motifs is 1. The van der Waals surface area contributed by atoms with Gasteiger partial charge in [0.1, 0.15) is 4.88 Å². The van der Waals surface area contributed by atoms with E-state index in [1.807, 2.05) is 18.3 Å². The molecule has 1 aliphatic carbocycles. The summed E-state index contributed by atoms with van der Waals surface area (Å²) < 4.78 is 7.05. The number of imidazole rings is 1. The molecule has 0 radical (unpaired) electrons. The zero-order valence-corrected chi connectivity index (χ0v) is 23.1. The van der Waals surface area contributed by atoms with Crippen molar-refractivity contribution in [1.82, 2.24) is 19.5 Å². The van der Waals surface area contributed by atoms with E-state index in [4.69, 9.17) is 9.72 Å². The molecular weight excluding hydrogens is 504 g/mol. The third kappa shape index (κ3) is 5.43. The molecule has 7 heteroatoms. The summed E-state index contributed by atoms with van der Waals surface area (Å²) in [7, 11) is 3.69. The second-order valence-corrected chi connectivity index (χ2v) is 11.9. The maximum atomic E-state index is 13.0. The van der Waals surface area contributed by atoms with E-state index in [1.54, 1.807) is 22.0 Å². The fourth-order valence-electron chi connectivity index (χ4n) is 6.00. The Hall–Kier alpha value is -3.29. The topological polar surface area (TPSA) is 59.7 Å². The lowest BCUT2D eigenvalue weighted by atomic mass is 9.75. The van der Waals surface area contributed by atoms with Gasteiger partial charge < -0.3 is 9.64 Å². The molecule has 6 nitrogen and oxygen atoms in total. The minimum absolute atomic E-state index is 0. The number of esters is 1. The van der Waals surface area contributed by atoms with Gasteiger partial charge in [-0.2, -0.15) is 5.10 Å². The smallest absolute Gasteiger partial charge is 0.348 e. The average Bonchev–Trinajstić information content (AvgIpc) is 3.58. The Morgan fingerprint density at radius 3 is 2.54 bits per heavy atom. The summed E-state index contributed by atoms with van der Waals surface area (Å²) in [6, 6.07) is 14.5. The van der Waals surface area contributed by atoms with Crippen molar-refractivity contribution in [2.75, 3.05) is 27.2 Å². The fraction of sp³-hybridized carbons (Fsp3) is 0.406. The van der Waals surface area contributed by atoms with Crippen molar-refractivity contribution in [3.05, 3.63) is 70.9 Å². The lowest BCUT2D eigenvalue weighted by Gasteiger charge is -2.35. The summed E-state index contributed by atoms with van der Waals surface area (Å²) in [4.78, 5) is 21.9. The second kappa shape index (κ2) is 11.4. The van der Waals surface area contributed by atoms with Gasteiger partial charge >= 0.3 is 5.97 Å². The first-order valence-electron chi connectivity index (χ1n) is 13.5. The van der Waals surface area contributed by atoms with Crippen LogP contribution in [0.4, 0.5) is 0 Å². The molecule has 1 aromatic carbocycles. The minimum atomic E-state index is -0.242. The Morgan fingerprint density at radius 1 is 1.08 bits per heavy atom. The Kier molecular flexibility index (Phi) is 8.01. The SMILES string of the molecule is C.COC(=O)c1sc(-c2ccc(-c3cn4ncccc4n3)cc2)cc1C1=C(C2CCC(C)CC2)CN(C)CC1. The zero-order chi connectivity index (χ0) is 26.2. The molecule has 0 unspecified atom stereocenters. The fourth-order valence-corrected chi connectivity index (χ4v) is 7.11. The summed E-state index contributed by atoms with van der Waals surface area (Å²) >= 11 is 1.54. The molecule has 1 saturated carbocycles. The molecule has 0 atom stereocenters. The zero-order valence-electron chi connectivity index (χ0n) is 22.3. The maximum absolute atomic E-state index is 13.0. The van der Waals surface area contributed by atoms with Crippen LogP contribution in [-0.2, 0) is 4.74 Å². The number of hydrogen-bond donors (Lipinski definition) is 0. The third-order valence-electron chi connectivity index (χ3n) is 8.21. The normalized spacial score (nSPS) is 20.2. The van der Waals surface area contributed by atoms with E-state index < -0.39 is 0 Å². The number of ether oxygens (including phenoxy) is 1. The number of rotatable bonds is 5. The van der Waals surface area contributed by atoms with E-state index in [2.05, 4.69) is 54.3 Å². The van der Waals surface area contributed by atoms with Crippen LogP contribution >= 0.6 is 11.3 Å². The van der Waals surface area contributed by atoms with E-state index in [0.717, 1.165) is 63.2 Å². The molecule has 3 aromatic heterocycles. The van der Waals surface area contributed by atoms with Gasteiger partial charge in [-0.3, -0.25) is 0 Å². The summed E-state index contributed by atoms with van der Waals surface area (Å²) in [6.45, 7) is 4.37. The quantitative estimate of drug-likeness (QED) is 0.245. The lowest BCUT2D eigenvalue weighted by Crippen LogP contribution is -2.31. The summed E-state index contributed by atoms with van der Waals surface area (Å²) in [5, 5.41) is 4.33. The molecule has 39 heavy (non-hydrogen) atoms. The molecule has 0 amide bonds. The number of hydrogen-bond acceptors (Lipinski definition) is 6. The Morgan fingerprint density at radius 2 is 1.82 bits per heavy atom. The predicted molar refractivity (Wildman–Crippen MR) is 160 cm³/mol. The van der Waals surface area contributed by atoms with Gasteiger partial charge in [0.05, 0.1) is 19.0 Å².